The minimum atomic E-state index is -3.48. The predicted octanol–water partition coefficient (Wildman–Crippen LogP) is 2.28. The lowest BCUT2D eigenvalue weighted by Crippen LogP contribution is -2.34. The molecule has 1 aliphatic heterocycles. The van der Waals surface area contributed by atoms with Gasteiger partial charge in [0.1, 0.15) is 0 Å². The molecule has 0 saturated carbocycles. The normalized spacial score (nSPS) is 17.3. The van der Waals surface area contributed by atoms with Crippen LogP contribution in [-0.4, -0.2) is 30.9 Å². The van der Waals surface area contributed by atoms with Gasteiger partial charge < -0.3 is 5.11 Å². The highest BCUT2D eigenvalue weighted by Crippen LogP contribution is 2.27. The van der Waals surface area contributed by atoms with E-state index in [4.69, 9.17) is 5.11 Å². The number of benzene rings is 1. The summed E-state index contributed by atoms with van der Waals surface area (Å²) in [5.41, 5.74) is 1.90. The summed E-state index contributed by atoms with van der Waals surface area (Å²) in [6.45, 7) is 2.84. The smallest absolute Gasteiger partial charge is 0.244 e. The summed E-state index contributed by atoms with van der Waals surface area (Å²) in [7, 11) is -3.48. The standard InChI is InChI=1S/C13H16BrNO3S/c1-10-4-6-15(7-5-10)19(17,18)13-3-2-11(9-16)8-12(13)14/h2-4,8,16H,5-7,9H2,1H3. The van der Waals surface area contributed by atoms with Crippen molar-refractivity contribution < 1.29 is 13.5 Å². The minimum Gasteiger partial charge on any atom is -0.392 e. The van der Waals surface area contributed by atoms with Crippen molar-refractivity contribution in [1.29, 1.82) is 0 Å². The van der Waals surface area contributed by atoms with Crippen molar-refractivity contribution in [2.45, 2.75) is 24.8 Å². The highest BCUT2D eigenvalue weighted by molar-refractivity contribution is 9.10. The van der Waals surface area contributed by atoms with Crippen LogP contribution in [0.15, 0.2) is 39.2 Å². The molecule has 0 unspecified atom stereocenters. The maximum atomic E-state index is 12.5. The second kappa shape index (κ2) is 5.75. The number of hydrogen-bond acceptors (Lipinski definition) is 3. The third-order valence-corrected chi connectivity index (χ3v) is 6.04. The summed E-state index contributed by atoms with van der Waals surface area (Å²) in [5.74, 6) is 0. The fourth-order valence-corrected chi connectivity index (χ4v) is 4.43. The Kier molecular flexibility index (Phi) is 4.45. The summed E-state index contributed by atoms with van der Waals surface area (Å²) >= 11 is 3.27. The molecule has 0 bridgehead atoms. The van der Waals surface area contributed by atoms with Crippen LogP contribution in [0.5, 0.6) is 0 Å². The van der Waals surface area contributed by atoms with Crippen LogP contribution < -0.4 is 0 Å². The Morgan fingerprint density at radius 1 is 1.42 bits per heavy atom. The molecule has 1 aliphatic rings. The van der Waals surface area contributed by atoms with Gasteiger partial charge in [0.25, 0.3) is 0 Å². The van der Waals surface area contributed by atoms with E-state index in [-0.39, 0.29) is 11.5 Å². The second-order valence-corrected chi connectivity index (χ2v) is 7.35. The Morgan fingerprint density at radius 2 is 2.16 bits per heavy atom. The van der Waals surface area contributed by atoms with Crippen LogP contribution in [0, 0.1) is 0 Å². The molecule has 1 heterocycles. The van der Waals surface area contributed by atoms with Gasteiger partial charge in [-0.1, -0.05) is 17.7 Å². The van der Waals surface area contributed by atoms with Gasteiger partial charge in [-0.15, -0.1) is 0 Å². The molecule has 0 radical (unpaired) electrons. The number of aliphatic hydroxyl groups excluding tert-OH is 1. The number of rotatable bonds is 3. The van der Waals surface area contributed by atoms with Gasteiger partial charge in [-0.3, -0.25) is 0 Å². The molecule has 1 N–H and O–H groups in total. The van der Waals surface area contributed by atoms with E-state index in [1.807, 2.05) is 13.0 Å². The van der Waals surface area contributed by atoms with E-state index < -0.39 is 10.0 Å². The van der Waals surface area contributed by atoms with E-state index >= 15 is 0 Å². The number of sulfonamides is 1. The van der Waals surface area contributed by atoms with Crippen LogP contribution in [0.1, 0.15) is 18.9 Å². The zero-order chi connectivity index (χ0) is 14.0. The van der Waals surface area contributed by atoms with Gasteiger partial charge in [0.2, 0.25) is 10.0 Å². The summed E-state index contributed by atoms with van der Waals surface area (Å²) in [6, 6.07) is 4.80. The van der Waals surface area contributed by atoms with Crippen molar-refractivity contribution in [3.63, 3.8) is 0 Å². The van der Waals surface area contributed by atoms with Crippen LogP contribution in [-0.2, 0) is 16.6 Å². The molecule has 1 aromatic carbocycles. The van der Waals surface area contributed by atoms with Crippen LogP contribution >= 0.6 is 15.9 Å². The molecular formula is C13H16BrNO3S. The maximum absolute atomic E-state index is 12.5. The van der Waals surface area contributed by atoms with Crippen molar-refractivity contribution >= 4 is 26.0 Å². The van der Waals surface area contributed by atoms with Gasteiger partial charge >= 0.3 is 0 Å². The van der Waals surface area contributed by atoms with Crippen molar-refractivity contribution in [2.75, 3.05) is 13.1 Å². The van der Waals surface area contributed by atoms with Gasteiger partial charge in [0.05, 0.1) is 11.5 Å². The summed E-state index contributed by atoms with van der Waals surface area (Å²) in [4.78, 5) is 0.248. The molecule has 0 aromatic heterocycles. The SMILES string of the molecule is CC1=CCN(S(=O)(=O)c2ccc(CO)cc2Br)CC1. The number of aliphatic hydroxyl groups is 1. The quantitative estimate of drug-likeness (QED) is 0.855. The number of nitrogens with zero attached hydrogens (tertiary/aromatic N) is 1. The molecule has 0 spiro atoms. The van der Waals surface area contributed by atoms with Crippen molar-refractivity contribution in [1.82, 2.24) is 4.31 Å². The Balaban J connectivity index is 2.35. The highest BCUT2D eigenvalue weighted by Gasteiger charge is 2.27. The number of hydrogen-bond donors (Lipinski definition) is 1. The number of halogens is 1. The molecular weight excluding hydrogens is 330 g/mol. The molecule has 0 fully saturated rings. The molecule has 0 aliphatic carbocycles. The van der Waals surface area contributed by atoms with Gasteiger partial charge in [0, 0.05) is 17.6 Å². The first kappa shape index (κ1) is 14.7. The average Bonchev–Trinajstić information content (AvgIpc) is 2.38. The molecule has 1 aromatic rings. The Morgan fingerprint density at radius 3 is 2.68 bits per heavy atom. The zero-order valence-corrected chi connectivity index (χ0v) is 13.0. The maximum Gasteiger partial charge on any atom is 0.244 e. The molecule has 0 saturated heterocycles. The zero-order valence-electron chi connectivity index (χ0n) is 10.6. The van der Waals surface area contributed by atoms with Crippen LogP contribution in [0.25, 0.3) is 0 Å². The van der Waals surface area contributed by atoms with E-state index in [9.17, 15) is 8.42 Å². The second-order valence-electron chi connectivity index (χ2n) is 4.59. The van der Waals surface area contributed by atoms with Crippen molar-refractivity contribution in [3.05, 3.63) is 39.9 Å². The van der Waals surface area contributed by atoms with Gasteiger partial charge in [-0.2, -0.15) is 4.31 Å². The van der Waals surface area contributed by atoms with Crippen molar-refractivity contribution in [3.8, 4) is 0 Å². The van der Waals surface area contributed by atoms with E-state index in [0.29, 0.717) is 23.1 Å². The van der Waals surface area contributed by atoms with Crippen molar-refractivity contribution in [2.24, 2.45) is 0 Å². The molecule has 2 rings (SSSR count). The molecule has 6 heteroatoms. The van der Waals surface area contributed by atoms with E-state index in [2.05, 4.69) is 15.9 Å². The minimum absolute atomic E-state index is 0.107. The van der Waals surface area contributed by atoms with Gasteiger partial charge in [0.15, 0.2) is 0 Å². The fourth-order valence-electron chi connectivity index (χ4n) is 1.96. The van der Waals surface area contributed by atoms with Crippen LogP contribution in [0.3, 0.4) is 0 Å². The van der Waals surface area contributed by atoms with Gasteiger partial charge in [-0.25, -0.2) is 8.42 Å². The lowest BCUT2D eigenvalue weighted by Gasteiger charge is -2.25. The molecule has 0 amide bonds. The fraction of sp³-hybridized carbons (Fsp3) is 0.385. The molecule has 19 heavy (non-hydrogen) atoms. The van der Waals surface area contributed by atoms with Gasteiger partial charge in [-0.05, 0) is 47.0 Å². The Labute approximate surface area is 121 Å². The Bertz CT molecular complexity index is 610. The topological polar surface area (TPSA) is 57.6 Å². The lowest BCUT2D eigenvalue weighted by molar-refractivity contribution is 0.281. The third-order valence-electron chi connectivity index (χ3n) is 3.20. The molecule has 4 nitrogen and oxygen atoms in total. The van der Waals surface area contributed by atoms with E-state index in [1.165, 1.54) is 15.9 Å². The van der Waals surface area contributed by atoms with E-state index in [1.54, 1.807) is 12.1 Å². The first-order valence-corrected chi connectivity index (χ1v) is 8.23. The van der Waals surface area contributed by atoms with Crippen LogP contribution in [0.2, 0.25) is 0 Å². The largest absolute Gasteiger partial charge is 0.392 e. The monoisotopic (exact) mass is 345 g/mol. The molecule has 104 valence electrons. The third kappa shape index (κ3) is 3.08. The van der Waals surface area contributed by atoms with E-state index in [0.717, 1.165) is 6.42 Å². The first-order valence-electron chi connectivity index (χ1n) is 6.00. The molecule has 0 atom stereocenters. The lowest BCUT2D eigenvalue weighted by atomic mass is 10.1. The van der Waals surface area contributed by atoms with Crippen LogP contribution in [0.4, 0.5) is 0 Å². The summed E-state index contributed by atoms with van der Waals surface area (Å²) < 4.78 is 27.0. The predicted molar refractivity (Wildman–Crippen MR) is 77.2 cm³/mol. The Hall–Kier alpha value is -0.690. The first-order chi connectivity index (χ1) is 8.95. The highest BCUT2D eigenvalue weighted by atomic mass is 79.9. The summed E-state index contributed by atoms with van der Waals surface area (Å²) in [6.07, 6.45) is 2.71. The average molecular weight is 346 g/mol. The summed E-state index contributed by atoms with van der Waals surface area (Å²) in [5, 5.41) is 9.05.